The maximum absolute atomic E-state index is 13.3. The number of pyridine rings is 2. The third kappa shape index (κ3) is 3.94. The third-order valence-electron chi connectivity index (χ3n) is 5.47. The number of rotatable bonds is 3. The van der Waals surface area contributed by atoms with Crippen LogP contribution in [-0.4, -0.2) is 21.7 Å². The number of allylic oxidation sites excluding steroid dienone is 3. The summed E-state index contributed by atoms with van der Waals surface area (Å²) >= 11 is 3.35. The molecule has 3 heterocycles. The van der Waals surface area contributed by atoms with Gasteiger partial charge in [-0.2, -0.15) is 0 Å². The van der Waals surface area contributed by atoms with Gasteiger partial charge in [-0.1, -0.05) is 19.9 Å². The van der Waals surface area contributed by atoms with Gasteiger partial charge in [-0.05, 0) is 58.5 Å². The Hall–Kier alpha value is -2.80. The Morgan fingerprint density at radius 1 is 1.23 bits per heavy atom. The molecule has 0 saturated heterocycles. The second kappa shape index (κ2) is 7.80. The molecule has 2 aromatic rings. The van der Waals surface area contributed by atoms with Gasteiger partial charge in [0, 0.05) is 57.9 Å². The SMILES string of the molecule is CC1=C(C(=O)Nc2ccc(Br)cn2)[C@@H](c2cccnc2)C2=C(CC(C)(C)CC2=O)N1. The minimum Gasteiger partial charge on any atom is -0.362 e. The molecular weight excluding hydrogens is 444 g/mol. The zero-order valence-electron chi connectivity index (χ0n) is 17.1. The second-order valence-corrected chi connectivity index (χ2v) is 9.45. The van der Waals surface area contributed by atoms with E-state index < -0.39 is 5.92 Å². The molecule has 0 spiro atoms. The number of amides is 1. The molecule has 1 aliphatic heterocycles. The number of carbonyl (C=O) groups excluding carboxylic acids is 2. The lowest BCUT2D eigenvalue weighted by atomic mass is 9.68. The van der Waals surface area contributed by atoms with E-state index in [9.17, 15) is 9.59 Å². The number of ketones is 1. The normalized spacial score (nSPS) is 20.5. The summed E-state index contributed by atoms with van der Waals surface area (Å²) in [7, 11) is 0. The molecule has 1 atom stereocenters. The summed E-state index contributed by atoms with van der Waals surface area (Å²) in [6.07, 6.45) is 6.25. The number of dihydropyridines is 1. The van der Waals surface area contributed by atoms with Crippen molar-refractivity contribution in [1.82, 2.24) is 15.3 Å². The number of Topliss-reactive ketones (excluding diaryl/α,β-unsaturated/α-hetero) is 1. The number of nitrogens with one attached hydrogen (secondary N) is 2. The lowest BCUT2D eigenvalue weighted by Crippen LogP contribution is -2.39. The van der Waals surface area contributed by atoms with Crippen LogP contribution in [0.1, 0.15) is 45.1 Å². The van der Waals surface area contributed by atoms with Crippen molar-refractivity contribution < 1.29 is 9.59 Å². The molecule has 0 bridgehead atoms. The average molecular weight is 467 g/mol. The van der Waals surface area contributed by atoms with Crippen molar-refractivity contribution >= 4 is 33.4 Å². The molecule has 0 unspecified atom stereocenters. The Balaban J connectivity index is 1.78. The van der Waals surface area contributed by atoms with Crippen LogP contribution >= 0.6 is 15.9 Å². The average Bonchev–Trinajstić information content (AvgIpc) is 2.68. The van der Waals surface area contributed by atoms with Gasteiger partial charge in [-0.3, -0.25) is 14.6 Å². The molecular formula is C23H23BrN4O2. The summed E-state index contributed by atoms with van der Waals surface area (Å²) in [6.45, 7) is 6.06. The predicted octanol–water partition coefficient (Wildman–Crippen LogP) is 4.48. The molecule has 0 fully saturated rings. The zero-order valence-corrected chi connectivity index (χ0v) is 18.7. The minimum atomic E-state index is -0.464. The highest BCUT2D eigenvalue weighted by molar-refractivity contribution is 9.10. The van der Waals surface area contributed by atoms with Crippen molar-refractivity contribution in [3.63, 3.8) is 0 Å². The lowest BCUT2D eigenvalue weighted by molar-refractivity contribution is -0.118. The van der Waals surface area contributed by atoms with E-state index in [-0.39, 0.29) is 17.1 Å². The Labute approximate surface area is 184 Å². The lowest BCUT2D eigenvalue weighted by Gasteiger charge is -2.39. The van der Waals surface area contributed by atoms with E-state index in [0.717, 1.165) is 27.9 Å². The second-order valence-electron chi connectivity index (χ2n) is 8.53. The first kappa shape index (κ1) is 20.5. The molecule has 1 amide bonds. The van der Waals surface area contributed by atoms with Crippen LogP contribution in [0.15, 0.2) is 69.9 Å². The van der Waals surface area contributed by atoms with Gasteiger partial charge in [0.2, 0.25) is 0 Å². The third-order valence-corrected chi connectivity index (χ3v) is 5.94. The van der Waals surface area contributed by atoms with Crippen LogP contribution in [0.5, 0.6) is 0 Å². The van der Waals surface area contributed by atoms with Gasteiger partial charge in [0.1, 0.15) is 5.82 Å². The van der Waals surface area contributed by atoms with Gasteiger partial charge >= 0.3 is 0 Å². The number of hydrogen-bond donors (Lipinski definition) is 2. The van der Waals surface area contributed by atoms with Gasteiger partial charge < -0.3 is 10.6 Å². The molecule has 30 heavy (non-hydrogen) atoms. The molecule has 2 aromatic heterocycles. The highest BCUT2D eigenvalue weighted by Gasteiger charge is 2.42. The predicted molar refractivity (Wildman–Crippen MR) is 118 cm³/mol. The van der Waals surface area contributed by atoms with E-state index in [1.807, 2.05) is 25.1 Å². The largest absolute Gasteiger partial charge is 0.362 e. The Bertz CT molecular complexity index is 1070. The molecule has 7 heteroatoms. The first-order valence-electron chi connectivity index (χ1n) is 9.82. The zero-order chi connectivity index (χ0) is 21.5. The summed E-state index contributed by atoms with van der Waals surface area (Å²) in [5.41, 5.74) is 3.53. The minimum absolute atomic E-state index is 0.0715. The van der Waals surface area contributed by atoms with Crippen molar-refractivity contribution in [3.05, 3.63) is 75.4 Å². The highest BCUT2D eigenvalue weighted by Crippen LogP contribution is 2.46. The van der Waals surface area contributed by atoms with Gasteiger partial charge in [0.05, 0.1) is 0 Å². The highest BCUT2D eigenvalue weighted by atomic mass is 79.9. The summed E-state index contributed by atoms with van der Waals surface area (Å²) in [4.78, 5) is 35.0. The summed E-state index contributed by atoms with van der Waals surface area (Å²) in [5, 5.41) is 6.23. The van der Waals surface area contributed by atoms with Crippen LogP contribution in [-0.2, 0) is 9.59 Å². The van der Waals surface area contributed by atoms with Crippen molar-refractivity contribution in [1.29, 1.82) is 0 Å². The molecule has 2 aliphatic rings. The molecule has 0 saturated carbocycles. The van der Waals surface area contributed by atoms with E-state index >= 15 is 0 Å². The van der Waals surface area contributed by atoms with Gasteiger partial charge in [-0.25, -0.2) is 4.98 Å². The summed E-state index contributed by atoms with van der Waals surface area (Å²) in [6, 6.07) is 7.29. The summed E-state index contributed by atoms with van der Waals surface area (Å²) in [5.74, 6) is -0.228. The summed E-state index contributed by atoms with van der Waals surface area (Å²) < 4.78 is 0.827. The fraction of sp³-hybridized carbons (Fsp3) is 0.304. The number of aromatic nitrogens is 2. The van der Waals surface area contributed by atoms with Crippen molar-refractivity contribution in [2.75, 3.05) is 5.32 Å². The van der Waals surface area contributed by atoms with Gasteiger partial charge in [0.15, 0.2) is 5.78 Å². The first-order chi connectivity index (χ1) is 14.2. The van der Waals surface area contributed by atoms with E-state index in [1.165, 1.54) is 0 Å². The molecule has 0 aromatic carbocycles. The van der Waals surface area contributed by atoms with E-state index in [1.54, 1.807) is 24.7 Å². The number of halogens is 1. The fourth-order valence-corrected chi connectivity index (χ4v) is 4.49. The molecule has 0 radical (unpaired) electrons. The molecule has 2 N–H and O–H groups in total. The topological polar surface area (TPSA) is 84.0 Å². The molecule has 1 aliphatic carbocycles. The molecule has 6 nitrogen and oxygen atoms in total. The molecule has 154 valence electrons. The van der Waals surface area contributed by atoms with Crippen LogP contribution in [0, 0.1) is 5.41 Å². The van der Waals surface area contributed by atoms with Crippen LogP contribution < -0.4 is 10.6 Å². The number of nitrogens with zero attached hydrogens (tertiary/aromatic N) is 2. The number of carbonyl (C=O) groups is 2. The monoisotopic (exact) mass is 466 g/mol. The van der Waals surface area contributed by atoms with Crippen LogP contribution in [0.25, 0.3) is 0 Å². The quantitative estimate of drug-likeness (QED) is 0.696. The van der Waals surface area contributed by atoms with Crippen molar-refractivity contribution in [2.24, 2.45) is 5.41 Å². The van der Waals surface area contributed by atoms with Crippen LogP contribution in [0.2, 0.25) is 0 Å². The first-order valence-corrected chi connectivity index (χ1v) is 10.6. The van der Waals surface area contributed by atoms with Gasteiger partial charge in [0.25, 0.3) is 5.91 Å². The Kier molecular flexibility index (Phi) is 5.32. The number of anilines is 1. The Morgan fingerprint density at radius 2 is 2.03 bits per heavy atom. The van der Waals surface area contributed by atoms with E-state index in [4.69, 9.17) is 0 Å². The standard InChI is InChI=1S/C23H23BrN4O2/c1-13-19(22(30)28-18-7-6-15(24)12-26-18)20(14-5-4-8-25-11-14)21-16(27-13)9-23(2,3)10-17(21)29/h4-8,11-12,20,27H,9-10H2,1-3H3,(H,26,28,30)/t20-/m1/s1. The van der Waals surface area contributed by atoms with Crippen LogP contribution in [0.3, 0.4) is 0 Å². The van der Waals surface area contributed by atoms with Crippen molar-refractivity contribution in [3.8, 4) is 0 Å². The van der Waals surface area contributed by atoms with E-state index in [0.29, 0.717) is 23.4 Å². The fourth-order valence-electron chi connectivity index (χ4n) is 4.25. The van der Waals surface area contributed by atoms with E-state index in [2.05, 4.69) is 50.4 Å². The maximum atomic E-state index is 13.3. The smallest absolute Gasteiger partial charge is 0.255 e. The van der Waals surface area contributed by atoms with Crippen LogP contribution in [0.4, 0.5) is 5.82 Å². The maximum Gasteiger partial charge on any atom is 0.255 e. The molecule has 4 rings (SSSR count). The van der Waals surface area contributed by atoms with Gasteiger partial charge in [-0.15, -0.1) is 0 Å². The Morgan fingerprint density at radius 3 is 2.70 bits per heavy atom. The number of hydrogen-bond acceptors (Lipinski definition) is 5. The van der Waals surface area contributed by atoms with Crippen molar-refractivity contribution in [2.45, 2.75) is 39.5 Å².